The molecule has 1 N–H and O–H groups in total. The van der Waals surface area contributed by atoms with Crippen molar-refractivity contribution in [3.05, 3.63) is 45.8 Å². The molecule has 1 fully saturated rings. The van der Waals surface area contributed by atoms with E-state index < -0.39 is 5.60 Å². The Morgan fingerprint density at radius 2 is 2.14 bits per heavy atom. The van der Waals surface area contributed by atoms with Gasteiger partial charge in [-0.3, -0.25) is 4.40 Å². The van der Waals surface area contributed by atoms with E-state index in [0.717, 1.165) is 12.8 Å². The molecule has 29 heavy (non-hydrogen) atoms. The summed E-state index contributed by atoms with van der Waals surface area (Å²) in [4.78, 5) is 8.74. The number of fused-ring (bicyclic) bond motifs is 3. The van der Waals surface area contributed by atoms with Crippen LogP contribution in [0.3, 0.4) is 0 Å². The van der Waals surface area contributed by atoms with Crippen molar-refractivity contribution in [3.63, 3.8) is 0 Å². The number of hydrogen-bond acceptors (Lipinski definition) is 7. The van der Waals surface area contributed by atoms with Gasteiger partial charge in [-0.05, 0) is 37.8 Å². The fourth-order valence-electron chi connectivity index (χ4n) is 4.05. The number of hydrogen-bond donors (Lipinski definition) is 1. The van der Waals surface area contributed by atoms with Gasteiger partial charge in [-0.1, -0.05) is 16.8 Å². The van der Waals surface area contributed by atoms with Crippen LogP contribution in [0.4, 0.5) is 0 Å². The third-order valence-corrected chi connectivity index (χ3v) is 5.89. The Morgan fingerprint density at radius 1 is 1.38 bits per heavy atom. The third-order valence-electron chi connectivity index (χ3n) is 5.57. The molecule has 10 heteroatoms. The van der Waals surface area contributed by atoms with Crippen LogP contribution in [0.1, 0.15) is 42.8 Å². The first-order valence-electron chi connectivity index (χ1n) is 9.13. The fourth-order valence-corrected chi connectivity index (χ4v) is 4.25. The van der Waals surface area contributed by atoms with Crippen molar-refractivity contribution in [2.45, 2.75) is 38.2 Å². The lowest BCUT2D eigenvalue weighted by atomic mass is 10.0. The Balaban J connectivity index is 1.76. The van der Waals surface area contributed by atoms with Gasteiger partial charge in [-0.15, -0.1) is 0 Å². The van der Waals surface area contributed by atoms with Gasteiger partial charge >= 0.3 is 0 Å². The van der Waals surface area contributed by atoms with Crippen LogP contribution in [-0.4, -0.2) is 24.6 Å². The molecule has 0 unspecified atom stereocenters. The summed E-state index contributed by atoms with van der Waals surface area (Å²) in [6, 6.07) is 5.22. The zero-order valence-electron chi connectivity index (χ0n) is 15.4. The quantitative estimate of drug-likeness (QED) is 0.397. The van der Waals surface area contributed by atoms with E-state index in [4.69, 9.17) is 16.1 Å². The minimum Gasteiger partial charge on any atom is -0.618 e. The van der Waals surface area contributed by atoms with Crippen LogP contribution in [0.15, 0.2) is 23.0 Å². The lowest BCUT2D eigenvalue weighted by Gasteiger charge is -2.16. The number of rotatable bonds is 2. The summed E-state index contributed by atoms with van der Waals surface area (Å²) in [6.07, 6.45) is 4.50. The predicted molar refractivity (Wildman–Crippen MR) is 102 cm³/mol. The van der Waals surface area contributed by atoms with Crippen molar-refractivity contribution >= 4 is 28.2 Å². The van der Waals surface area contributed by atoms with Crippen LogP contribution >= 0.6 is 11.6 Å². The molecule has 3 heterocycles. The molecular weight excluding hydrogens is 396 g/mol. The molecule has 1 aromatic carbocycles. The molecule has 0 amide bonds. The second-order valence-electron chi connectivity index (χ2n) is 7.26. The highest BCUT2D eigenvalue weighted by Gasteiger charge is 2.38. The molecular formula is C19H15ClN6O3. The summed E-state index contributed by atoms with van der Waals surface area (Å²) in [6.45, 7) is 1.62. The zero-order chi connectivity index (χ0) is 20.3. The van der Waals surface area contributed by atoms with E-state index in [1.807, 2.05) is 6.07 Å². The van der Waals surface area contributed by atoms with Crippen molar-refractivity contribution in [1.82, 2.24) is 19.5 Å². The summed E-state index contributed by atoms with van der Waals surface area (Å²) in [5.74, 6) is 0.359. The highest BCUT2D eigenvalue weighted by Crippen LogP contribution is 2.38. The molecule has 0 radical (unpaired) electrons. The zero-order valence-corrected chi connectivity index (χ0v) is 16.1. The van der Waals surface area contributed by atoms with Crippen LogP contribution in [0.5, 0.6) is 0 Å². The second kappa shape index (κ2) is 6.14. The first-order valence-corrected chi connectivity index (χ1v) is 9.51. The van der Waals surface area contributed by atoms with Gasteiger partial charge in [0.1, 0.15) is 34.6 Å². The fraction of sp³-hybridized carbons (Fsp3) is 0.316. The van der Waals surface area contributed by atoms with Crippen molar-refractivity contribution in [1.29, 1.82) is 5.26 Å². The predicted octanol–water partition coefficient (Wildman–Crippen LogP) is 2.77. The molecule has 1 saturated carbocycles. The third kappa shape index (κ3) is 2.43. The first kappa shape index (κ1) is 17.8. The lowest BCUT2D eigenvalue weighted by Crippen LogP contribution is -2.33. The molecule has 0 aliphatic heterocycles. The average molecular weight is 411 g/mol. The number of nitriles is 1. The maximum absolute atomic E-state index is 13.0. The minimum absolute atomic E-state index is 0.1000. The Morgan fingerprint density at radius 3 is 2.86 bits per heavy atom. The Bertz CT molecular complexity index is 1330. The van der Waals surface area contributed by atoms with Gasteiger partial charge in [-0.25, -0.2) is 4.98 Å². The SMILES string of the molecule is Cc1c2c(-c3nc(C4(O)CCCC4)no3)ncn2c2ccc(Cl)c(C#N)c2[n+]1[O-]. The molecule has 1 aliphatic rings. The van der Waals surface area contributed by atoms with E-state index >= 15 is 0 Å². The summed E-state index contributed by atoms with van der Waals surface area (Å²) in [5.41, 5.74) is 0.784. The van der Waals surface area contributed by atoms with Gasteiger partial charge in [0.15, 0.2) is 5.69 Å². The van der Waals surface area contributed by atoms with Gasteiger partial charge < -0.3 is 14.8 Å². The van der Waals surface area contributed by atoms with E-state index in [1.54, 1.807) is 23.5 Å². The maximum Gasteiger partial charge on any atom is 0.279 e. The highest BCUT2D eigenvalue weighted by atomic mass is 35.5. The summed E-state index contributed by atoms with van der Waals surface area (Å²) < 4.78 is 7.75. The normalized spacial score (nSPS) is 15.9. The van der Waals surface area contributed by atoms with E-state index in [1.165, 1.54) is 6.33 Å². The van der Waals surface area contributed by atoms with Gasteiger partial charge in [0.25, 0.3) is 11.4 Å². The van der Waals surface area contributed by atoms with Crippen molar-refractivity contribution in [3.8, 4) is 17.7 Å². The molecule has 146 valence electrons. The number of aryl methyl sites for hydroxylation is 1. The monoisotopic (exact) mass is 410 g/mol. The van der Waals surface area contributed by atoms with Crippen molar-refractivity contribution in [2.75, 3.05) is 0 Å². The number of nitrogens with zero attached hydrogens (tertiary/aromatic N) is 6. The van der Waals surface area contributed by atoms with Gasteiger partial charge in [0.05, 0.1) is 5.02 Å². The molecule has 1 aliphatic carbocycles. The summed E-state index contributed by atoms with van der Waals surface area (Å²) >= 11 is 6.10. The lowest BCUT2D eigenvalue weighted by molar-refractivity contribution is -0.583. The molecule has 0 atom stereocenters. The second-order valence-corrected chi connectivity index (χ2v) is 7.66. The molecule has 0 spiro atoms. The average Bonchev–Trinajstić information content (AvgIpc) is 3.45. The summed E-state index contributed by atoms with van der Waals surface area (Å²) in [7, 11) is 0. The Hall–Kier alpha value is -3.22. The van der Waals surface area contributed by atoms with E-state index in [2.05, 4.69) is 15.1 Å². The number of halogens is 1. The highest BCUT2D eigenvalue weighted by molar-refractivity contribution is 6.32. The Labute approximate surface area is 169 Å². The smallest absolute Gasteiger partial charge is 0.279 e. The molecule has 5 rings (SSSR count). The molecule has 4 aromatic rings. The van der Waals surface area contributed by atoms with Gasteiger partial charge in [0.2, 0.25) is 11.5 Å². The maximum atomic E-state index is 13.0. The minimum atomic E-state index is -1.09. The number of aliphatic hydroxyl groups is 1. The first-order chi connectivity index (χ1) is 13.9. The molecule has 0 saturated heterocycles. The van der Waals surface area contributed by atoms with Gasteiger partial charge in [-0.2, -0.15) is 15.0 Å². The van der Waals surface area contributed by atoms with Gasteiger partial charge in [0, 0.05) is 6.92 Å². The number of aromatic nitrogens is 5. The van der Waals surface area contributed by atoms with E-state index in [0.29, 0.717) is 40.0 Å². The largest absolute Gasteiger partial charge is 0.618 e. The van der Waals surface area contributed by atoms with Crippen molar-refractivity contribution < 1.29 is 14.4 Å². The number of benzene rings is 1. The van der Waals surface area contributed by atoms with E-state index in [-0.39, 0.29) is 27.8 Å². The molecule has 0 bridgehead atoms. The van der Waals surface area contributed by atoms with Crippen LogP contribution in [-0.2, 0) is 5.60 Å². The Kier molecular flexibility index (Phi) is 3.78. The topological polar surface area (TPSA) is 127 Å². The standard InChI is InChI=1S/C19H15ClN6O3/c1-10-15-14(17-23-18(24-29-17)19(27)6-2-3-7-19)22-9-25(15)13-5-4-12(20)11(8-21)16(13)26(10)28/h4-5,9,27H,2-3,6-7H2,1H3. The van der Waals surface area contributed by atoms with Crippen molar-refractivity contribution in [2.24, 2.45) is 0 Å². The molecule has 9 nitrogen and oxygen atoms in total. The van der Waals surface area contributed by atoms with Crippen LogP contribution in [0.2, 0.25) is 5.02 Å². The van der Waals surface area contributed by atoms with E-state index in [9.17, 15) is 15.6 Å². The number of imidazole rings is 1. The van der Waals surface area contributed by atoms with Crippen LogP contribution in [0, 0.1) is 23.5 Å². The molecule has 3 aromatic heterocycles. The summed E-state index contributed by atoms with van der Waals surface area (Å²) in [5, 5.41) is 37.3. The van der Waals surface area contributed by atoms with Crippen LogP contribution in [0.25, 0.3) is 28.1 Å². The van der Waals surface area contributed by atoms with Crippen LogP contribution < -0.4 is 4.73 Å².